The first kappa shape index (κ1) is 7.56. The Morgan fingerprint density at radius 1 is 1.14 bits per heavy atom. The number of nitrogens with zero attached hydrogens (tertiary/aromatic N) is 2. The van der Waals surface area contributed by atoms with Gasteiger partial charge in [0.05, 0.1) is 11.0 Å². The highest BCUT2D eigenvalue weighted by Crippen LogP contribution is 2.18. The van der Waals surface area contributed by atoms with E-state index < -0.39 is 0 Å². The van der Waals surface area contributed by atoms with Gasteiger partial charge in [0.2, 0.25) is 0 Å². The molecular formula is C12H10N2. The fourth-order valence-electron chi connectivity index (χ4n) is 1.79. The summed E-state index contributed by atoms with van der Waals surface area (Å²) in [6, 6.07) is 8.22. The van der Waals surface area contributed by atoms with Crippen molar-refractivity contribution in [3.8, 4) is 0 Å². The third-order valence-corrected chi connectivity index (χ3v) is 2.45. The van der Waals surface area contributed by atoms with Crippen LogP contribution in [-0.4, -0.2) is 9.55 Å². The smallest absolute Gasteiger partial charge is 0.117 e. The van der Waals surface area contributed by atoms with Crippen molar-refractivity contribution in [2.45, 2.75) is 6.42 Å². The van der Waals surface area contributed by atoms with Crippen LogP contribution < -0.4 is 0 Å². The lowest BCUT2D eigenvalue weighted by molar-refractivity contribution is 0.996. The Hall–Kier alpha value is -1.83. The lowest BCUT2D eigenvalue weighted by Crippen LogP contribution is -1.92. The molecule has 68 valence electrons. The number of rotatable bonds is 0. The molecule has 1 aromatic heterocycles. The molecule has 1 aliphatic heterocycles. The van der Waals surface area contributed by atoms with Crippen LogP contribution in [0, 0.1) is 0 Å². The predicted molar refractivity (Wildman–Crippen MR) is 57.9 cm³/mol. The summed E-state index contributed by atoms with van der Waals surface area (Å²) in [4.78, 5) is 4.57. The van der Waals surface area contributed by atoms with Crippen molar-refractivity contribution in [3.63, 3.8) is 0 Å². The molecule has 3 rings (SSSR count). The lowest BCUT2D eigenvalue weighted by Gasteiger charge is -1.98. The molecule has 0 saturated heterocycles. The van der Waals surface area contributed by atoms with E-state index in [1.54, 1.807) is 0 Å². The maximum atomic E-state index is 4.57. The summed E-state index contributed by atoms with van der Waals surface area (Å²) in [5, 5.41) is 0. The van der Waals surface area contributed by atoms with Crippen LogP contribution in [0.1, 0.15) is 5.82 Å². The zero-order valence-electron chi connectivity index (χ0n) is 7.72. The Morgan fingerprint density at radius 3 is 3.07 bits per heavy atom. The van der Waals surface area contributed by atoms with Crippen molar-refractivity contribution in [1.29, 1.82) is 0 Å². The van der Waals surface area contributed by atoms with E-state index in [0.717, 1.165) is 17.8 Å². The van der Waals surface area contributed by atoms with Gasteiger partial charge in [-0.25, -0.2) is 4.98 Å². The van der Waals surface area contributed by atoms with Crippen LogP contribution in [0.4, 0.5) is 0 Å². The molecule has 0 spiro atoms. The van der Waals surface area contributed by atoms with Gasteiger partial charge < -0.3 is 4.57 Å². The van der Waals surface area contributed by atoms with Crippen molar-refractivity contribution in [2.24, 2.45) is 0 Å². The normalized spacial score (nSPS) is 14.3. The maximum absolute atomic E-state index is 4.57. The number of aromatic nitrogens is 2. The van der Waals surface area contributed by atoms with E-state index in [9.17, 15) is 0 Å². The van der Waals surface area contributed by atoms with Gasteiger partial charge >= 0.3 is 0 Å². The molecule has 1 aromatic carbocycles. The second-order valence-corrected chi connectivity index (χ2v) is 3.36. The second kappa shape index (κ2) is 2.84. The molecule has 14 heavy (non-hydrogen) atoms. The van der Waals surface area contributed by atoms with Gasteiger partial charge in [-0.1, -0.05) is 24.3 Å². The largest absolute Gasteiger partial charge is 0.303 e. The summed E-state index contributed by atoms with van der Waals surface area (Å²) in [7, 11) is 0. The van der Waals surface area contributed by atoms with Crippen molar-refractivity contribution in [2.75, 3.05) is 0 Å². The molecule has 2 heterocycles. The third kappa shape index (κ3) is 1.01. The minimum absolute atomic E-state index is 0.904. The molecule has 1 aliphatic rings. The summed E-state index contributed by atoms with van der Waals surface area (Å²) < 4.78 is 2.15. The van der Waals surface area contributed by atoms with Gasteiger partial charge in [-0.15, -0.1) is 0 Å². The molecule has 2 aromatic rings. The third-order valence-electron chi connectivity index (χ3n) is 2.45. The fraction of sp³-hybridized carbons (Fsp3) is 0.0833. The number of hydrogen-bond donors (Lipinski definition) is 0. The lowest BCUT2D eigenvalue weighted by atomic mass is 10.3. The van der Waals surface area contributed by atoms with E-state index in [1.165, 1.54) is 5.52 Å². The van der Waals surface area contributed by atoms with Gasteiger partial charge in [0.15, 0.2) is 0 Å². The Balaban J connectivity index is 2.37. The Labute approximate surface area is 82.2 Å². The minimum Gasteiger partial charge on any atom is -0.303 e. The van der Waals surface area contributed by atoms with Gasteiger partial charge in [-0.05, 0) is 18.2 Å². The minimum atomic E-state index is 0.904. The van der Waals surface area contributed by atoms with Crippen molar-refractivity contribution >= 4 is 17.2 Å². The molecule has 0 fully saturated rings. The number of fused-ring (bicyclic) bond motifs is 3. The van der Waals surface area contributed by atoms with Gasteiger partial charge in [0.1, 0.15) is 5.82 Å². The number of hydrogen-bond acceptors (Lipinski definition) is 1. The molecule has 2 heteroatoms. The molecule has 0 amide bonds. The van der Waals surface area contributed by atoms with E-state index in [2.05, 4.69) is 40.0 Å². The zero-order chi connectivity index (χ0) is 9.38. The number of imidazole rings is 1. The SMILES string of the molecule is C1=CCc2nc3ccccc3n2C=C1. The number of allylic oxidation sites excluding steroid dienone is 3. The average Bonchev–Trinajstić information content (AvgIpc) is 2.42. The Bertz CT molecular complexity index is 532. The first-order valence-corrected chi connectivity index (χ1v) is 4.74. The first-order valence-electron chi connectivity index (χ1n) is 4.74. The van der Waals surface area contributed by atoms with Crippen LogP contribution in [0.2, 0.25) is 0 Å². The van der Waals surface area contributed by atoms with Crippen LogP contribution in [0.3, 0.4) is 0 Å². The summed E-state index contributed by atoms with van der Waals surface area (Å²) >= 11 is 0. The number of benzene rings is 1. The molecule has 0 radical (unpaired) electrons. The number of para-hydroxylation sites is 2. The van der Waals surface area contributed by atoms with Crippen LogP contribution in [0.5, 0.6) is 0 Å². The van der Waals surface area contributed by atoms with Crippen molar-refractivity contribution in [1.82, 2.24) is 9.55 Å². The summed E-state index contributed by atoms with van der Waals surface area (Å²) in [6.07, 6.45) is 9.20. The van der Waals surface area contributed by atoms with Crippen LogP contribution in [0.25, 0.3) is 17.2 Å². The Kier molecular flexibility index (Phi) is 1.53. The summed E-state index contributed by atoms with van der Waals surface area (Å²) in [5.41, 5.74) is 2.25. The highest BCUT2D eigenvalue weighted by atomic mass is 15.1. The molecule has 0 N–H and O–H groups in total. The monoisotopic (exact) mass is 182 g/mol. The highest BCUT2D eigenvalue weighted by Gasteiger charge is 2.07. The van der Waals surface area contributed by atoms with Gasteiger partial charge in [0, 0.05) is 12.6 Å². The van der Waals surface area contributed by atoms with Crippen molar-refractivity contribution < 1.29 is 0 Å². The van der Waals surface area contributed by atoms with E-state index >= 15 is 0 Å². The van der Waals surface area contributed by atoms with E-state index in [4.69, 9.17) is 0 Å². The molecule has 0 bridgehead atoms. The quantitative estimate of drug-likeness (QED) is 0.612. The van der Waals surface area contributed by atoms with Gasteiger partial charge in [-0.2, -0.15) is 0 Å². The zero-order valence-corrected chi connectivity index (χ0v) is 7.72. The van der Waals surface area contributed by atoms with E-state index in [1.807, 2.05) is 18.2 Å². The maximum Gasteiger partial charge on any atom is 0.117 e. The van der Waals surface area contributed by atoms with Crippen LogP contribution in [0.15, 0.2) is 42.5 Å². The predicted octanol–water partition coefficient (Wildman–Crippen LogP) is 2.62. The first-order chi connectivity index (χ1) is 6.95. The van der Waals surface area contributed by atoms with Crippen LogP contribution >= 0.6 is 0 Å². The summed E-state index contributed by atoms with van der Waals surface area (Å²) in [6.45, 7) is 0. The second-order valence-electron chi connectivity index (χ2n) is 3.36. The molecule has 0 saturated carbocycles. The molecular weight excluding hydrogens is 172 g/mol. The highest BCUT2D eigenvalue weighted by molar-refractivity contribution is 5.78. The van der Waals surface area contributed by atoms with E-state index in [-0.39, 0.29) is 0 Å². The molecule has 0 aliphatic carbocycles. The molecule has 0 unspecified atom stereocenters. The van der Waals surface area contributed by atoms with E-state index in [0.29, 0.717) is 0 Å². The summed E-state index contributed by atoms with van der Waals surface area (Å²) in [5.74, 6) is 1.11. The van der Waals surface area contributed by atoms with Gasteiger partial charge in [-0.3, -0.25) is 0 Å². The Morgan fingerprint density at radius 2 is 2.07 bits per heavy atom. The van der Waals surface area contributed by atoms with Gasteiger partial charge in [0.25, 0.3) is 0 Å². The topological polar surface area (TPSA) is 17.8 Å². The van der Waals surface area contributed by atoms with Crippen molar-refractivity contribution in [3.05, 3.63) is 48.3 Å². The average molecular weight is 182 g/mol. The van der Waals surface area contributed by atoms with Crippen LogP contribution in [-0.2, 0) is 6.42 Å². The standard InChI is InChI=1S/C12H10N2/c1-2-8-12-13-10-6-3-4-7-11(10)14(12)9-5-1/h1-7,9H,8H2. The fourth-order valence-corrected chi connectivity index (χ4v) is 1.79. The molecule has 2 nitrogen and oxygen atoms in total. The molecule has 0 atom stereocenters.